The standard InChI is InChI=1S/C21H23N3O4/c1-12-6-7-13-8-16(12)14-4-3-5-15(10-14)19(22-2)20(26)23-11-18(25)24-17(9-13)21(27)28/h3-8,10,17,19,22H,9,11H2,1-2H3,(H,23,26)(H,24,25)(H,27,28)/t17-,19-/m0/s1. The van der Waals surface area contributed by atoms with E-state index in [1.165, 1.54) is 0 Å². The third-order valence-corrected chi connectivity index (χ3v) is 4.88. The quantitative estimate of drug-likeness (QED) is 0.625. The van der Waals surface area contributed by atoms with Gasteiger partial charge in [0.15, 0.2) is 0 Å². The molecule has 0 spiro atoms. The van der Waals surface area contributed by atoms with Gasteiger partial charge in [-0.15, -0.1) is 0 Å². The van der Waals surface area contributed by atoms with E-state index in [0.29, 0.717) is 0 Å². The average molecular weight is 381 g/mol. The lowest BCUT2D eigenvalue weighted by atomic mass is 9.93. The van der Waals surface area contributed by atoms with Gasteiger partial charge in [-0.3, -0.25) is 9.59 Å². The van der Waals surface area contributed by atoms with Gasteiger partial charge in [-0.2, -0.15) is 0 Å². The number of carbonyl (C=O) groups excluding carboxylic acids is 2. The summed E-state index contributed by atoms with van der Waals surface area (Å²) >= 11 is 0. The molecule has 0 aliphatic carbocycles. The molecule has 4 bridgehead atoms. The van der Waals surface area contributed by atoms with E-state index in [1.807, 2.05) is 49.4 Å². The van der Waals surface area contributed by atoms with E-state index in [9.17, 15) is 19.5 Å². The summed E-state index contributed by atoms with van der Waals surface area (Å²) in [6.45, 7) is 1.69. The molecule has 3 rings (SSSR count). The lowest BCUT2D eigenvalue weighted by Gasteiger charge is -2.20. The number of hydrogen-bond donors (Lipinski definition) is 4. The number of aryl methyl sites for hydroxylation is 1. The van der Waals surface area contributed by atoms with Gasteiger partial charge in [0.2, 0.25) is 11.8 Å². The van der Waals surface area contributed by atoms with Crippen LogP contribution in [0.15, 0.2) is 42.5 Å². The average Bonchev–Trinajstić information content (AvgIpc) is 2.67. The number of likely N-dealkylation sites (N-methyl/N-ethyl adjacent to an activating group) is 1. The van der Waals surface area contributed by atoms with Gasteiger partial charge < -0.3 is 21.1 Å². The molecule has 0 fully saturated rings. The van der Waals surface area contributed by atoms with Gasteiger partial charge in [-0.05, 0) is 47.9 Å². The van der Waals surface area contributed by atoms with Crippen LogP contribution in [0.4, 0.5) is 0 Å². The van der Waals surface area contributed by atoms with Crippen molar-refractivity contribution < 1.29 is 19.5 Å². The molecular formula is C21H23N3O4. The van der Waals surface area contributed by atoms with Crippen LogP contribution in [0.5, 0.6) is 0 Å². The van der Waals surface area contributed by atoms with Crippen LogP contribution in [-0.2, 0) is 20.8 Å². The number of hydrogen-bond acceptors (Lipinski definition) is 4. The predicted molar refractivity (Wildman–Crippen MR) is 105 cm³/mol. The molecule has 0 unspecified atom stereocenters. The van der Waals surface area contributed by atoms with Crippen molar-refractivity contribution in [3.63, 3.8) is 0 Å². The predicted octanol–water partition coefficient (Wildman–Crippen LogP) is 1.16. The Morgan fingerprint density at radius 3 is 2.68 bits per heavy atom. The number of benzene rings is 2. The monoisotopic (exact) mass is 381 g/mol. The van der Waals surface area contributed by atoms with Crippen molar-refractivity contribution in [3.8, 4) is 11.1 Å². The first-order chi connectivity index (χ1) is 13.4. The molecule has 0 aromatic heterocycles. The molecule has 28 heavy (non-hydrogen) atoms. The summed E-state index contributed by atoms with van der Waals surface area (Å²) in [6.07, 6.45) is 0.154. The molecule has 2 aromatic carbocycles. The van der Waals surface area contributed by atoms with E-state index in [1.54, 1.807) is 7.05 Å². The molecule has 2 aromatic rings. The topological polar surface area (TPSA) is 108 Å². The number of rotatable bonds is 2. The zero-order valence-corrected chi connectivity index (χ0v) is 15.8. The zero-order chi connectivity index (χ0) is 20.3. The van der Waals surface area contributed by atoms with Crippen LogP contribution in [-0.4, -0.2) is 42.5 Å². The highest BCUT2D eigenvalue weighted by Gasteiger charge is 2.24. The minimum Gasteiger partial charge on any atom is -0.480 e. The molecule has 7 nitrogen and oxygen atoms in total. The summed E-state index contributed by atoms with van der Waals surface area (Å²) in [6, 6.07) is 11.7. The third-order valence-electron chi connectivity index (χ3n) is 4.88. The van der Waals surface area contributed by atoms with E-state index in [-0.39, 0.29) is 18.9 Å². The molecule has 1 aliphatic heterocycles. The maximum Gasteiger partial charge on any atom is 0.326 e. The molecule has 2 amide bonds. The van der Waals surface area contributed by atoms with Crippen LogP contribution in [0, 0.1) is 6.92 Å². The van der Waals surface area contributed by atoms with Crippen molar-refractivity contribution in [2.75, 3.05) is 13.6 Å². The van der Waals surface area contributed by atoms with Crippen molar-refractivity contribution in [1.82, 2.24) is 16.0 Å². The Morgan fingerprint density at radius 2 is 1.96 bits per heavy atom. The van der Waals surface area contributed by atoms with Crippen LogP contribution >= 0.6 is 0 Å². The maximum atomic E-state index is 12.6. The highest BCUT2D eigenvalue weighted by molar-refractivity contribution is 5.90. The number of carboxylic acid groups (broad SMARTS) is 1. The first kappa shape index (κ1) is 19.6. The second-order valence-electron chi connectivity index (χ2n) is 6.88. The Hall–Kier alpha value is -3.19. The molecule has 7 heteroatoms. The molecule has 0 saturated heterocycles. The van der Waals surface area contributed by atoms with Gasteiger partial charge in [0.1, 0.15) is 12.1 Å². The summed E-state index contributed by atoms with van der Waals surface area (Å²) in [5, 5.41) is 17.5. The smallest absolute Gasteiger partial charge is 0.326 e. The van der Waals surface area contributed by atoms with Crippen LogP contribution < -0.4 is 16.0 Å². The van der Waals surface area contributed by atoms with Gasteiger partial charge in [-0.25, -0.2) is 4.79 Å². The molecule has 0 radical (unpaired) electrons. The highest BCUT2D eigenvalue weighted by atomic mass is 16.4. The summed E-state index contributed by atoms with van der Waals surface area (Å²) in [5.41, 5.74) is 4.53. The minimum absolute atomic E-state index is 0.154. The van der Waals surface area contributed by atoms with E-state index < -0.39 is 24.0 Å². The number of aliphatic carboxylic acids is 1. The Morgan fingerprint density at radius 1 is 1.18 bits per heavy atom. The molecule has 4 N–H and O–H groups in total. The fourth-order valence-corrected chi connectivity index (χ4v) is 3.39. The number of fused-ring (bicyclic) bond motifs is 5. The van der Waals surface area contributed by atoms with E-state index >= 15 is 0 Å². The van der Waals surface area contributed by atoms with Crippen molar-refractivity contribution >= 4 is 17.8 Å². The molecule has 0 saturated carbocycles. The van der Waals surface area contributed by atoms with Gasteiger partial charge in [-0.1, -0.05) is 36.4 Å². The molecule has 146 valence electrons. The first-order valence-corrected chi connectivity index (χ1v) is 9.06. The molecule has 2 atom stereocenters. The third kappa shape index (κ3) is 4.20. The Labute approximate surface area is 163 Å². The Balaban J connectivity index is 2.12. The number of amides is 2. The number of carboxylic acids is 1. The van der Waals surface area contributed by atoms with E-state index in [4.69, 9.17) is 0 Å². The lowest BCUT2D eigenvalue weighted by molar-refractivity contribution is -0.141. The largest absolute Gasteiger partial charge is 0.480 e. The van der Waals surface area contributed by atoms with E-state index in [0.717, 1.165) is 27.8 Å². The molecule has 1 heterocycles. The van der Waals surface area contributed by atoms with Crippen LogP contribution in [0.2, 0.25) is 0 Å². The second-order valence-corrected chi connectivity index (χ2v) is 6.88. The number of nitrogens with one attached hydrogen (secondary N) is 3. The summed E-state index contributed by atoms with van der Waals surface area (Å²) in [5.74, 6) is -2.03. The van der Waals surface area contributed by atoms with Crippen molar-refractivity contribution in [2.24, 2.45) is 0 Å². The summed E-state index contributed by atoms with van der Waals surface area (Å²) in [4.78, 5) is 36.3. The van der Waals surface area contributed by atoms with Gasteiger partial charge in [0.25, 0.3) is 0 Å². The fraction of sp³-hybridized carbons (Fsp3) is 0.286. The Bertz CT molecular complexity index is 926. The number of carbonyl (C=O) groups is 3. The summed E-state index contributed by atoms with van der Waals surface area (Å²) in [7, 11) is 1.67. The van der Waals surface area contributed by atoms with Crippen LogP contribution in [0.1, 0.15) is 22.7 Å². The minimum atomic E-state index is -1.12. The first-order valence-electron chi connectivity index (χ1n) is 9.06. The van der Waals surface area contributed by atoms with Crippen LogP contribution in [0.25, 0.3) is 11.1 Å². The highest BCUT2D eigenvalue weighted by Crippen LogP contribution is 2.28. The van der Waals surface area contributed by atoms with Gasteiger partial charge >= 0.3 is 5.97 Å². The normalized spacial score (nSPS) is 19.9. The fourth-order valence-electron chi connectivity index (χ4n) is 3.39. The second kappa shape index (κ2) is 8.22. The molecular weight excluding hydrogens is 358 g/mol. The van der Waals surface area contributed by atoms with Gasteiger partial charge in [0, 0.05) is 6.42 Å². The lowest BCUT2D eigenvalue weighted by Crippen LogP contribution is -2.48. The van der Waals surface area contributed by atoms with Crippen molar-refractivity contribution in [1.29, 1.82) is 0 Å². The van der Waals surface area contributed by atoms with Crippen LogP contribution in [0.3, 0.4) is 0 Å². The van der Waals surface area contributed by atoms with Crippen molar-refractivity contribution in [2.45, 2.75) is 25.4 Å². The van der Waals surface area contributed by atoms with Crippen molar-refractivity contribution in [3.05, 3.63) is 59.2 Å². The SMILES string of the molecule is CN[C@@H]1C(=O)NCC(=O)N[C@H](C(=O)O)Cc2ccc(C)c(c2)-c2cccc1c2. The summed E-state index contributed by atoms with van der Waals surface area (Å²) < 4.78 is 0. The molecule has 1 aliphatic rings. The maximum absolute atomic E-state index is 12.6. The van der Waals surface area contributed by atoms with Gasteiger partial charge in [0.05, 0.1) is 6.54 Å². The zero-order valence-electron chi connectivity index (χ0n) is 15.8. The van der Waals surface area contributed by atoms with E-state index in [2.05, 4.69) is 16.0 Å². The Kier molecular flexibility index (Phi) is 5.75.